The minimum Gasteiger partial charge on any atom is -0.208 e. The SMILES string of the molecule is c1ccc(-c2nc(-c3ccccc3)nc(-c3ccc4sc5ccc(-c6cccc7c6sc6ccccc67)cc5c4c3)n2)cc1. The molecule has 3 heterocycles. The quantitative estimate of drug-likeness (QED) is 0.203. The molecule has 0 unspecified atom stereocenters. The second kappa shape index (κ2) is 10.2. The normalized spacial score (nSPS) is 11.6. The van der Waals surface area contributed by atoms with Gasteiger partial charge in [-0.3, -0.25) is 0 Å². The van der Waals surface area contributed by atoms with Crippen molar-refractivity contribution in [3.63, 3.8) is 0 Å². The van der Waals surface area contributed by atoms with Crippen molar-refractivity contribution >= 4 is 63.0 Å². The third-order valence-corrected chi connectivity index (χ3v) is 10.5. The fourth-order valence-electron chi connectivity index (χ4n) is 6.00. The van der Waals surface area contributed by atoms with Gasteiger partial charge in [0.2, 0.25) is 0 Å². The van der Waals surface area contributed by atoms with E-state index in [0.29, 0.717) is 17.5 Å². The molecule has 44 heavy (non-hydrogen) atoms. The minimum absolute atomic E-state index is 0.670. The molecule has 0 saturated heterocycles. The lowest BCUT2D eigenvalue weighted by Crippen LogP contribution is -2.00. The molecule has 0 fully saturated rings. The molecule has 0 saturated carbocycles. The van der Waals surface area contributed by atoms with E-state index < -0.39 is 0 Å². The predicted octanol–water partition coefficient (Wildman–Crippen LogP) is 11.3. The number of thiophene rings is 2. The zero-order valence-corrected chi connectivity index (χ0v) is 25.1. The van der Waals surface area contributed by atoms with Crippen LogP contribution in [0.4, 0.5) is 0 Å². The molecule has 0 aliphatic rings. The van der Waals surface area contributed by atoms with Gasteiger partial charge in [0, 0.05) is 57.0 Å². The Morgan fingerprint density at radius 2 is 0.864 bits per heavy atom. The summed E-state index contributed by atoms with van der Waals surface area (Å²) in [7, 11) is 0. The molecule has 0 aliphatic carbocycles. The highest BCUT2D eigenvalue weighted by Crippen LogP contribution is 2.43. The summed E-state index contributed by atoms with van der Waals surface area (Å²) in [6.07, 6.45) is 0. The first-order valence-corrected chi connectivity index (χ1v) is 16.2. The Morgan fingerprint density at radius 1 is 0.341 bits per heavy atom. The van der Waals surface area contributed by atoms with Gasteiger partial charge < -0.3 is 0 Å². The maximum Gasteiger partial charge on any atom is 0.164 e. The zero-order chi connectivity index (χ0) is 29.0. The summed E-state index contributed by atoms with van der Waals surface area (Å²) >= 11 is 3.70. The fourth-order valence-corrected chi connectivity index (χ4v) is 8.30. The molecule has 3 nitrogen and oxygen atoms in total. The van der Waals surface area contributed by atoms with Crippen LogP contribution in [0.15, 0.2) is 140 Å². The highest BCUT2D eigenvalue weighted by atomic mass is 32.1. The molecular weight excluding hydrogens is 575 g/mol. The molecule has 0 radical (unpaired) electrons. The van der Waals surface area contributed by atoms with Gasteiger partial charge in [-0.2, -0.15) is 0 Å². The third kappa shape index (κ3) is 4.21. The highest BCUT2D eigenvalue weighted by Gasteiger charge is 2.15. The zero-order valence-electron chi connectivity index (χ0n) is 23.4. The van der Waals surface area contributed by atoms with Gasteiger partial charge in [-0.05, 0) is 47.5 Å². The van der Waals surface area contributed by atoms with Crippen LogP contribution in [0.2, 0.25) is 0 Å². The maximum atomic E-state index is 4.97. The van der Waals surface area contributed by atoms with Gasteiger partial charge in [-0.25, -0.2) is 15.0 Å². The lowest BCUT2D eigenvalue weighted by molar-refractivity contribution is 1.07. The second-order valence-electron chi connectivity index (χ2n) is 10.8. The lowest BCUT2D eigenvalue weighted by atomic mass is 10.00. The predicted molar refractivity (Wildman–Crippen MR) is 187 cm³/mol. The molecular formula is C39H23N3S2. The molecule has 0 aliphatic heterocycles. The number of fused-ring (bicyclic) bond motifs is 6. The second-order valence-corrected chi connectivity index (χ2v) is 13.0. The first-order valence-electron chi connectivity index (χ1n) is 14.5. The van der Waals surface area contributed by atoms with Crippen molar-refractivity contribution in [1.82, 2.24) is 15.0 Å². The molecule has 9 aromatic rings. The smallest absolute Gasteiger partial charge is 0.164 e. The van der Waals surface area contributed by atoms with Crippen molar-refractivity contribution in [3.8, 4) is 45.3 Å². The van der Waals surface area contributed by atoms with E-state index in [1.807, 2.05) is 83.3 Å². The van der Waals surface area contributed by atoms with Gasteiger partial charge in [0.25, 0.3) is 0 Å². The first kappa shape index (κ1) is 25.3. The Morgan fingerprint density at radius 3 is 1.55 bits per heavy atom. The van der Waals surface area contributed by atoms with Crippen molar-refractivity contribution < 1.29 is 0 Å². The van der Waals surface area contributed by atoms with Crippen molar-refractivity contribution in [1.29, 1.82) is 0 Å². The van der Waals surface area contributed by atoms with E-state index in [2.05, 4.69) is 78.9 Å². The molecule has 9 rings (SSSR count). The van der Waals surface area contributed by atoms with Crippen LogP contribution in [0.5, 0.6) is 0 Å². The summed E-state index contributed by atoms with van der Waals surface area (Å²) in [5, 5.41) is 5.11. The minimum atomic E-state index is 0.670. The number of benzene rings is 6. The molecule has 206 valence electrons. The van der Waals surface area contributed by atoms with E-state index in [0.717, 1.165) is 16.7 Å². The lowest BCUT2D eigenvalue weighted by Gasteiger charge is -2.08. The van der Waals surface area contributed by atoms with Crippen LogP contribution < -0.4 is 0 Å². The van der Waals surface area contributed by atoms with Gasteiger partial charge in [-0.15, -0.1) is 22.7 Å². The van der Waals surface area contributed by atoms with Gasteiger partial charge in [0.1, 0.15) is 0 Å². The maximum absolute atomic E-state index is 4.97. The molecule has 0 atom stereocenters. The Labute approximate surface area is 261 Å². The van der Waals surface area contributed by atoms with Crippen molar-refractivity contribution in [3.05, 3.63) is 140 Å². The van der Waals surface area contributed by atoms with Crippen molar-refractivity contribution in [2.24, 2.45) is 0 Å². The standard InChI is InChI=1S/C39H23N3S2/c1-3-10-24(11-4-1)37-40-38(25-12-5-2-6-13-25)42-39(41-37)27-19-21-35-32(23-27)31-22-26(18-20-34(31)43-35)28-15-9-16-30-29-14-7-8-17-33(29)44-36(28)30/h1-23H. The summed E-state index contributed by atoms with van der Waals surface area (Å²) in [5.41, 5.74) is 5.42. The number of nitrogens with zero attached hydrogens (tertiary/aromatic N) is 3. The molecule has 0 N–H and O–H groups in total. The third-order valence-electron chi connectivity index (χ3n) is 8.14. The van der Waals surface area contributed by atoms with Crippen LogP contribution in [-0.4, -0.2) is 15.0 Å². The van der Waals surface area contributed by atoms with E-state index in [4.69, 9.17) is 15.0 Å². The number of hydrogen-bond acceptors (Lipinski definition) is 5. The number of aromatic nitrogens is 3. The van der Waals surface area contributed by atoms with Gasteiger partial charge in [-0.1, -0.05) is 103 Å². The molecule has 0 amide bonds. The summed E-state index contributed by atoms with van der Waals surface area (Å²) in [6.45, 7) is 0. The average molecular weight is 598 g/mol. The monoisotopic (exact) mass is 597 g/mol. The van der Waals surface area contributed by atoms with Crippen LogP contribution in [-0.2, 0) is 0 Å². The van der Waals surface area contributed by atoms with Crippen LogP contribution in [0.25, 0.3) is 85.6 Å². The number of hydrogen-bond donors (Lipinski definition) is 0. The summed E-state index contributed by atoms with van der Waals surface area (Å²) in [4.78, 5) is 14.8. The topological polar surface area (TPSA) is 38.7 Å². The molecule has 0 bridgehead atoms. The molecule has 6 aromatic carbocycles. The van der Waals surface area contributed by atoms with E-state index in [-0.39, 0.29) is 0 Å². The van der Waals surface area contributed by atoms with Gasteiger partial charge in [0.15, 0.2) is 17.5 Å². The Bertz CT molecular complexity index is 2440. The number of rotatable bonds is 4. The van der Waals surface area contributed by atoms with Crippen molar-refractivity contribution in [2.45, 2.75) is 0 Å². The molecule has 5 heteroatoms. The first-order chi connectivity index (χ1) is 21.8. The van der Waals surface area contributed by atoms with Gasteiger partial charge >= 0.3 is 0 Å². The Balaban J connectivity index is 1.22. The highest BCUT2D eigenvalue weighted by molar-refractivity contribution is 7.26. The summed E-state index contributed by atoms with van der Waals surface area (Å²) in [5.74, 6) is 2.01. The van der Waals surface area contributed by atoms with Crippen LogP contribution in [0, 0.1) is 0 Å². The fraction of sp³-hybridized carbons (Fsp3) is 0. The molecule has 0 spiro atoms. The largest absolute Gasteiger partial charge is 0.208 e. The average Bonchev–Trinajstić information content (AvgIpc) is 3.66. The van der Waals surface area contributed by atoms with E-state index in [9.17, 15) is 0 Å². The van der Waals surface area contributed by atoms with Crippen LogP contribution in [0.1, 0.15) is 0 Å². The van der Waals surface area contributed by atoms with E-state index >= 15 is 0 Å². The Kier molecular flexibility index (Phi) is 5.86. The van der Waals surface area contributed by atoms with E-state index in [1.165, 1.54) is 51.5 Å². The summed E-state index contributed by atoms with van der Waals surface area (Å²) in [6, 6.07) is 49.1. The van der Waals surface area contributed by atoms with Gasteiger partial charge in [0.05, 0.1) is 0 Å². The summed E-state index contributed by atoms with van der Waals surface area (Å²) < 4.78 is 5.18. The van der Waals surface area contributed by atoms with Crippen molar-refractivity contribution in [2.75, 3.05) is 0 Å². The Hall–Kier alpha value is -5.23. The van der Waals surface area contributed by atoms with E-state index in [1.54, 1.807) is 0 Å². The van der Waals surface area contributed by atoms with Crippen LogP contribution in [0.3, 0.4) is 0 Å². The molecule has 3 aromatic heterocycles. The van der Waals surface area contributed by atoms with Crippen LogP contribution >= 0.6 is 22.7 Å².